The van der Waals surface area contributed by atoms with E-state index < -0.39 is 17.7 Å². The lowest BCUT2D eigenvalue weighted by atomic mass is 9.83. The van der Waals surface area contributed by atoms with Crippen molar-refractivity contribution in [2.24, 2.45) is 5.92 Å². The van der Waals surface area contributed by atoms with E-state index in [1.165, 1.54) is 18.2 Å². The van der Waals surface area contributed by atoms with Gasteiger partial charge in [0.15, 0.2) is 5.78 Å². The van der Waals surface area contributed by atoms with Gasteiger partial charge in [-0.1, -0.05) is 42.5 Å². The lowest BCUT2D eigenvalue weighted by Gasteiger charge is -2.17. The second-order valence-electron chi connectivity index (χ2n) is 4.89. The van der Waals surface area contributed by atoms with E-state index >= 15 is 0 Å². The number of carbonyl (C=O) groups excluding carboxylic acids is 1. The molecule has 0 N–H and O–H groups in total. The predicted molar refractivity (Wildman–Crippen MR) is 79.2 cm³/mol. The number of carbonyl (C=O) groups is 1. The normalized spacial score (nSPS) is 11.5. The zero-order valence-corrected chi connectivity index (χ0v) is 11.7. The molecule has 0 aromatic heterocycles. The number of halogens is 1. The molecule has 0 radical (unpaired) electrons. The largest absolute Gasteiger partial charge is 0.294 e. The van der Waals surface area contributed by atoms with Crippen LogP contribution in [0.4, 0.5) is 4.39 Å². The molecule has 108 valence electrons. The van der Waals surface area contributed by atoms with Crippen LogP contribution in [0.15, 0.2) is 54.6 Å². The maximum absolute atomic E-state index is 13.4. The first-order valence-electron chi connectivity index (χ1n) is 6.78. The summed E-state index contributed by atoms with van der Waals surface area (Å²) >= 11 is 0. The maximum atomic E-state index is 13.4. The Morgan fingerprint density at radius 2 is 1.73 bits per heavy atom. The van der Waals surface area contributed by atoms with Crippen LogP contribution in [0.2, 0.25) is 0 Å². The molecule has 2 aromatic rings. The van der Waals surface area contributed by atoms with Crippen molar-refractivity contribution in [3.8, 4) is 12.1 Å². The first kappa shape index (κ1) is 15.4. The fourth-order valence-corrected chi connectivity index (χ4v) is 2.32. The van der Waals surface area contributed by atoms with Crippen LogP contribution in [0.3, 0.4) is 0 Å². The summed E-state index contributed by atoms with van der Waals surface area (Å²) in [7, 11) is 0. The van der Waals surface area contributed by atoms with Crippen molar-refractivity contribution in [2.45, 2.75) is 12.3 Å². The van der Waals surface area contributed by atoms with Crippen molar-refractivity contribution < 1.29 is 9.18 Å². The third kappa shape index (κ3) is 3.56. The summed E-state index contributed by atoms with van der Waals surface area (Å²) in [5.74, 6) is -2.29. The van der Waals surface area contributed by atoms with Gasteiger partial charge in [0.2, 0.25) is 0 Å². The topological polar surface area (TPSA) is 64.7 Å². The monoisotopic (exact) mass is 292 g/mol. The highest BCUT2D eigenvalue weighted by Crippen LogP contribution is 2.29. The van der Waals surface area contributed by atoms with E-state index in [-0.39, 0.29) is 12.2 Å². The molecule has 0 bridgehead atoms. The van der Waals surface area contributed by atoms with Crippen molar-refractivity contribution in [1.29, 1.82) is 10.5 Å². The molecule has 22 heavy (non-hydrogen) atoms. The van der Waals surface area contributed by atoms with Crippen molar-refractivity contribution in [3.05, 3.63) is 71.5 Å². The van der Waals surface area contributed by atoms with Crippen LogP contribution in [-0.2, 0) is 0 Å². The zero-order chi connectivity index (χ0) is 15.9. The molecule has 1 unspecified atom stereocenters. The molecular formula is C18H13FN2O. The Labute approximate surface area is 128 Å². The average molecular weight is 292 g/mol. The molecule has 0 aliphatic carbocycles. The molecule has 0 amide bonds. The highest BCUT2D eigenvalue weighted by molar-refractivity contribution is 5.96. The molecule has 2 rings (SSSR count). The number of nitriles is 2. The summed E-state index contributed by atoms with van der Waals surface area (Å²) in [6.45, 7) is 0. The standard InChI is InChI=1S/C18H13FN2O/c19-16-8-4-7-14(9-16)17(15(11-20)12-21)10-18(22)13-5-2-1-3-6-13/h1-9,15,17H,10H2. The summed E-state index contributed by atoms with van der Waals surface area (Å²) in [5.41, 5.74) is 0.996. The maximum Gasteiger partial charge on any atom is 0.163 e. The van der Waals surface area contributed by atoms with Gasteiger partial charge in [0.25, 0.3) is 0 Å². The summed E-state index contributed by atoms with van der Waals surface area (Å²) < 4.78 is 13.4. The second-order valence-corrected chi connectivity index (χ2v) is 4.89. The Morgan fingerprint density at radius 3 is 2.32 bits per heavy atom. The molecule has 0 aliphatic rings. The third-order valence-electron chi connectivity index (χ3n) is 3.46. The highest BCUT2D eigenvalue weighted by atomic mass is 19.1. The predicted octanol–water partition coefficient (Wildman–Crippen LogP) is 3.85. The fourth-order valence-electron chi connectivity index (χ4n) is 2.32. The van der Waals surface area contributed by atoms with Crippen LogP contribution < -0.4 is 0 Å². The average Bonchev–Trinajstić information content (AvgIpc) is 2.55. The number of nitrogens with zero attached hydrogens (tertiary/aromatic N) is 2. The van der Waals surface area contributed by atoms with Crippen LogP contribution in [-0.4, -0.2) is 5.78 Å². The highest BCUT2D eigenvalue weighted by Gasteiger charge is 2.26. The van der Waals surface area contributed by atoms with Gasteiger partial charge in [-0.25, -0.2) is 4.39 Å². The van der Waals surface area contributed by atoms with Crippen molar-refractivity contribution in [2.75, 3.05) is 0 Å². The lowest BCUT2D eigenvalue weighted by molar-refractivity contribution is 0.0970. The fraction of sp³-hybridized carbons (Fsp3) is 0.167. The minimum Gasteiger partial charge on any atom is -0.294 e. The van der Waals surface area contributed by atoms with Crippen LogP contribution >= 0.6 is 0 Å². The van der Waals surface area contributed by atoms with Crippen molar-refractivity contribution in [1.82, 2.24) is 0 Å². The summed E-state index contributed by atoms with van der Waals surface area (Å²) in [6.07, 6.45) is -0.0146. The van der Waals surface area contributed by atoms with E-state index in [4.69, 9.17) is 10.5 Å². The first-order chi connectivity index (χ1) is 10.7. The van der Waals surface area contributed by atoms with Gasteiger partial charge >= 0.3 is 0 Å². The lowest BCUT2D eigenvalue weighted by Crippen LogP contribution is -2.15. The van der Waals surface area contributed by atoms with E-state index in [0.29, 0.717) is 11.1 Å². The van der Waals surface area contributed by atoms with Crippen LogP contribution in [0, 0.1) is 34.4 Å². The minimum absolute atomic E-state index is 0.0146. The molecular weight excluding hydrogens is 279 g/mol. The number of benzene rings is 2. The number of ketones is 1. The Hall–Kier alpha value is -2.98. The first-order valence-corrected chi connectivity index (χ1v) is 6.78. The Bertz CT molecular complexity index is 730. The van der Waals surface area contributed by atoms with Gasteiger partial charge in [0, 0.05) is 17.9 Å². The van der Waals surface area contributed by atoms with Gasteiger partial charge < -0.3 is 0 Å². The van der Waals surface area contributed by atoms with E-state index in [0.717, 1.165) is 0 Å². The summed E-state index contributed by atoms with van der Waals surface area (Å²) in [6, 6.07) is 18.1. The number of Topliss-reactive ketones (excluding diaryl/α,β-unsaturated/α-hetero) is 1. The number of hydrogen-bond acceptors (Lipinski definition) is 3. The molecule has 2 aromatic carbocycles. The van der Waals surface area contributed by atoms with Gasteiger partial charge in [-0.05, 0) is 17.7 Å². The molecule has 0 saturated carbocycles. The molecule has 0 fully saturated rings. The SMILES string of the molecule is N#CC(C#N)C(CC(=O)c1ccccc1)c1cccc(F)c1. The van der Waals surface area contributed by atoms with E-state index in [1.807, 2.05) is 12.1 Å². The molecule has 0 aliphatic heterocycles. The zero-order valence-electron chi connectivity index (χ0n) is 11.7. The minimum atomic E-state index is -1.01. The Morgan fingerprint density at radius 1 is 1.05 bits per heavy atom. The van der Waals surface area contributed by atoms with Gasteiger partial charge in [0.1, 0.15) is 11.7 Å². The van der Waals surface area contributed by atoms with Gasteiger partial charge in [-0.15, -0.1) is 0 Å². The quantitative estimate of drug-likeness (QED) is 0.786. The number of hydrogen-bond donors (Lipinski definition) is 0. The smallest absolute Gasteiger partial charge is 0.163 e. The van der Waals surface area contributed by atoms with Gasteiger partial charge in [-0.3, -0.25) is 4.79 Å². The molecule has 1 atom stereocenters. The molecule has 0 heterocycles. The molecule has 0 saturated heterocycles. The van der Waals surface area contributed by atoms with Crippen molar-refractivity contribution >= 4 is 5.78 Å². The van der Waals surface area contributed by atoms with Gasteiger partial charge in [-0.2, -0.15) is 10.5 Å². The van der Waals surface area contributed by atoms with E-state index in [9.17, 15) is 9.18 Å². The Kier molecular flexibility index (Phi) is 5.01. The van der Waals surface area contributed by atoms with Crippen molar-refractivity contribution in [3.63, 3.8) is 0 Å². The van der Waals surface area contributed by atoms with Crippen LogP contribution in [0.25, 0.3) is 0 Å². The van der Waals surface area contributed by atoms with Gasteiger partial charge in [0.05, 0.1) is 12.1 Å². The number of rotatable bonds is 5. The van der Waals surface area contributed by atoms with Crippen LogP contribution in [0.5, 0.6) is 0 Å². The molecule has 0 spiro atoms. The summed E-state index contributed by atoms with van der Waals surface area (Å²) in [5, 5.41) is 18.3. The van der Waals surface area contributed by atoms with Crippen LogP contribution in [0.1, 0.15) is 28.3 Å². The third-order valence-corrected chi connectivity index (χ3v) is 3.46. The molecule has 3 nitrogen and oxygen atoms in total. The second kappa shape index (κ2) is 7.15. The summed E-state index contributed by atoms with van der Waals surface area (Å²) in [4.78, 5) is 12.3. The van der Waals surface area contributed by atoms with E-state index in [1.54, 1.807) is 36.4 Å². The Balaban J connectivity index is 2.32. The molecule has 4 heteroatoms. The van der Waals surface area contributed by atoms with E-state index in [2.05, 4.69) is 0 Å².